The van der Waals surface area contributed by atoms with Crippen LogP contribution in [0.2, 0.25) is 0 Å². The van der Waals surface area contributed by atoms with Gasteiger partial charge in [-0.05, 0) is 46.9 Å². The van der Waals surface area contributed by atoms with E-state index in [9.17, 15) is 27.2 Å². The minimum absolute atomic E-state index is 0.464. The van der Waals surface area contributed by atoms with E-state index in [1.165, 1.54) is 13.8 Å². The largest absolute Gasteiger partial charge is 0.344 e. The lowest BCUT2D eigenvalue weighted by atomic mass is 9.85. The third kappa shape index (κ3) is 8.24. The van der Waals surface area contributed by atoms with E-state index in [-0.39, 0.29) is 0 Å². The molecule has 290 valence electrons. The minimum Gasteiger partial charge on any atom is -0.344 e. The average Bonchev–Trinajstić information content (AvgIpc) is 3.88. The van der Waals surface area contributed by atoms with Crippen LogP contribution in [-0.4, -0.2) is 67.8 Å². The van der Waals surface area contributed by atoms with Crippen LogP contribution in [0.5, 0.6) is 0 Å². The average molecular weight is 751 g/mol. The Kier molecular flexibility index (Phi) is 9.88. The highest BCUT2D eigenvalue weighted by molar-refractivity contribution is 5.87. The zero-order valence-corrected chi connectivity index (χ0v) is 32.0. The zero-order valence-electron chi connectivity index (χ0n) is 32.0. The van der Waals surface area contributed by atoms with Gasteiger partial charge in [-0.1, -0.05) is 90.1 Å². The Bertz CT molecular complexity index is 1850. The monoisotopic (exact) mass is 750 g/mol. The van der Waals surface area contributed by atoms with Crippen molar-refractivity contribution in [1.29, 1.82) is 0 Å². The smallest absolute Gasteiger partial charge is 0.262 e. The molecule has 2 fully saturated rings. The topological polar surface area (TPSA) is 140 Å². The van der Waals surface area contributed by atoms with Gasteiger partial charge in [-0.2, -0.15) is 0 Å². The Balaban J connectivity index is 1.13. The van der Waals surface area contributed by atoms with Gasteiger partial charge in [0.15, 0.2) is 0 Å². The quantitative estimate of drug-likeness (QED) is 0.0993. The molecule has 2 aromatic heterocycles. The molecule has 0 aliphatic carbocycles. The molecular weight excluding hydrogens is 700 g/mol. The second kappa shape index (κ2) is 13.6. The SMILES string of the molecule is CC1(C(=O)NC(c2ncc(-c3ccc(-c4ccc(-c5cnc(C(NC(=O)C6(C)CC(F)(F)CN6)C(C)(C)C)[nH]5)cc4)cc3)[nH]2)C(C)(C)C)CC(F)(F)CN1. The van der Waals surface area contributed by atoms with Crippen molar-refractivity contribution in [2.45, 2.75) is 103 Å². The molecule has 0 radical (unpaired) electrons. The molecule has 6 N–H and O–H groups in total. The van der Waals surface area contributed by atoms with Crippen LogP contribution in [-0.2, 0) is 9.59 Å². The number of imidazole rings is 2. The van der Waals surface area contributed by atoms with Gasteiger partial charge in [0.1, 0.15) is 22.7 Å². The van der Waals surface area contributed by atoms with Crippen LogP contribution >= 0.6 is 0 Å². The van der Waals surface area contributed by atoms with Gasteiger partial charge in [0.25, 0.3) is 11.8 Å². The number of aromatic nitrogens is 4. The molecule has 0 bridgehead atoms. The molecule has 0 saturated carbocycles. The molecule has 2 aliphatic rings. The molecule has 14 heteroatoms. The second-order valence-electron chi connectivity index (χ2n) is 17.5. The Morgan fingerprint density at radius 1 is 0.611 bits per heavy atom. The molecule has 4 atom stereocenters. The summed E-state index contributed by atoms with van der Waals surface area (Å²) in [7, 11) is 0. The second-order valence-corrected chi connectivity index (χ2v) is 17.5. The summed E-state index contributed by atoms with van der Waals surface area (Å²) in [5.74, 6) is -5.83. The third-order valence-corrected chi connectivity index (χ3v) is 10.4. The third-order valence-electron chi connectivity index (χ3n) is 10.4. The van der Waals surface area contributed by atoms with Crippen LogP contribution in [0.25, 0.3) is 33.6 Å². The number of hydrogen-bond donors (Lipinski definition) is 6. The van der Waals surface area contributed by atoms with Gasteiger partial charge in [-0.25, -0.2) is 27.5 Å². The Morgan fingerprint density at radius 2 is 0.926 bits per heavy atom. The van der Waals surface area contributed by atoms with Gasteiger partial charge in [-0.3, -0.25) is 20.2 Å². The Labute approximate surface area is 313 Å². The first kappa shape index (κ1) is 39.1. The lowest BCUT2D eigenvalue weighted by Crippen LogP contribution is -2.53. The van der Waals surface area contributed by atoms with E-state index < -0.39 is 83.6 Å². The molecule has 4 heterocycles. The van der Waals surface area contributed by atoms with Gasteiger partial charge >= 0.3 is 0 Å². The van der Waals surface area contributed by atoms with Crippen LogP contribution in [0.1, 0.15) is 92.0 Å². The number of carbonyl (C=O) groups is 2. The first-order chi connectivity index (χ1) is 25.0. The fourth-order valence-corrected chi connectivity index (χ4v) is 7.17. The predicted octanol–water partition coefficient (Wildman–Crippen LogP) is 7.32. The number of hydrogen-bond acceptors (Lipinski definition) is 6. The summed E-state index contributed by atoms with van der Waals surface area (Å²) in [5.41, 5.74) is 1.54. The number of rotatable bonds is 9. The van der Waals surface area contributed by atoms with Crippen molar-refractivity contribution in [1.82, 2.24) is 41.2 Å². The van der Waals surface area contributed by atoms with Crippen molar-refractivity contribution in [2.75, 3.05) is 13.1 Å². The summed E-state index contributed by atoms with van der Waals surface area (Å²) in [6.07, 6.45) is 2.26. The first-order valence-electron chi connectivity index (χ1n) is 18.2. The van der Waals surface area contributed by atoms with E-state index in [4.69, 9.17) is 0 Å². The van der Waals surface area contributed by atoms with E-state index in [1.807, 2.05) is 90.1 Å². The number of aromatic amines is 2. The number of nitrogens with one attached hydrogen (secondary N) is 6. The van der Waals surface area contributed by atoms with Gasteiger partial charge in [-0.15, -0.1) is 0 Å². The normalized spacial score (nSPS) is 23.6. The van der Waals surface area contributed by atoms with Gasteiger partial charge < -0.3 is 20.6 Å². The van der Waals surface area contributed by atoms with Crippen LogP contribution in [0, 0.1) is 10.8 Å². The fraction of sp³-hybridized carbons (Fsp3) is 0.500. The maximum absolute atomic E-state index is 14.0. The highest BCUT2D eigenvalue weighted by atomic mass is 19.3. The van der Waals surface area contributed by atoms with E-state index >= 15 is 0 Å². The van der Waals surface area contributed by atoms with E-state index in [1.54, 1.807) is 12.4 Å². The van der Waals surface area contributed by atoms with Crippen molar-refractivity contribution >= 4 is 11.8 Å². The maximum atomic E-state index is 14.0. The molecule has 2 aromatic carbocycles. The van der Waals surface area contributed by atoms with E-state index in [0.29, 0.717) is 11.6 Å². The molecule has 2 aliphatic heterocycles. The van der Waals surface area contributed by atoms with Gasteiger partial charge in [0, 0.05) is 12.8 Å². The lowest BCUT2D eigenvalue weighted by Gasteiger charge is -2.33. The Morgan fingerprint density at radius 3 is 1.20 bits per heavy atom. The van der Waals surface area contributed by atoms with Crippen molar-refractivity contribution in [3.8, 4) is 33.6 Å². The summed E-state index contributed by atoms with van der Waals surface area (Å²) in [6.45, 7) is 13.6. The maximum Gasteiger partial charge on any atom is 0.262 e. The number of alkyl halides is 4. The first-order valence-corrected chi connectivity index (χ1v) is 18.2. The van der Waals surface area contributed by atoms with Crippen LogP contribution in [0.3, 0.4) is 0 Å². The highest BCUT2D eigenvalue weighted by Crippen LogP contribution is 2.38. The number of nitrogens with zero attached hydrogens (tertiary/aromatic N) is 2. The summed E-state index contributed by atoms with van der Waals surface area (Å²) >= 11 is 0. The molecular formula is C40H50F4N8O2. The Hall–Kier alpha value is -4.56. The van der Waals surface area contributed by atoms with Crippen LogP contribution < -0.4 is 21.3 Å². The minimum atomic E-state index is -2.95. The van der Waals surface area contributed by atoms with Gasteiger partial charge in [0.05, 0.1) is 49.0 Å². The van der Waals surface area contributed by atoms with Gasteiger partial charge in [0.2, 0.25) is 11.8 Å². The summed E-state index contributed by atoms with van der Waals surface area (Å²) in [6, 6.07) is 14.8. The molecule has 0 spiro atoms. The highest BCUT2D eigenvalue weighted by Gasteiger charge is 2.52. The van der Waals surface area contributed by atoms with Crippen LogP contribution in [0.15, 0.2) is 60.9 Å². The molecule has 4 aromatic rings. The lowest BCUT2D eigenvalue weighted by molar-refractivity contribution is -0.129. The van der Waals surface area contributed by atoms with E-state index in [0.717, 1.165) is 33.6 Å². The van der Waals surface area contributed by atoms with Crippen molar-refractivity contribution < 1.29 is 27.2 Å². The summed E-state index contributed by atoms with van der Waals surface area (Å²) in [5, 5.41) is 11.3. The van der Waals surface area contributed by atoms with Crippen molar-refractivity contribution in [2.24, 2.45) is 10.8 Å². The summed E-state index contributed by atoms with van der Waals surface area (Å²) in [4.78, 5) is 42.3. The molecule has 54 heavy (non-hydrogen) atoms. The van der Waals surface area contributed by atoms with Crippen molar-refractivity contribution in [3.05, 3.63) is 72.6 Å². The number of amides is 2. The predicted molar refractivity (Wildman–Crippen MR) is 200 cm³/mol. The summed E-state index contributed by atoms with van der Waals surface area (Å²) < 4.78 is 55.9. The van der Waals surface area contributed by atoms with E-state index in [2.05, 4.69) is 41.2 Å². The van der Waals surface area contributed by atoms with Crippen molar-refractivity contribution in [3.63, 3.8) is 0 Å². The molecule has 4 unspecified atom stereocenters. The van der Waals surface area contributed by atoms with Crippen LogP contribution in [0.4, 0.5) is 17.6 Å². The number of H-pyrrole nitrogens is 2. The molecule has 6 rings (SSSR count). The fourth-order valence-electron chi connectivity index (χ4n) is 7.17. The zero-order chi connectivity index (χ0) is 39.5. The number of halogens is 4. The standard InChI is InChI=1S/C40H50F4N8O2/c1-35(2,3)29(51-33(53)37(7)19-39(41,42)21-47-37)31-45-17-27(49-31)25-13-9-23(10-14-25)24-11-15-26(16-12-24)28-18-46-32(50-28)30(36(4,5)6)52-34(54)38(8)20-40(43,44)22-48-38/h9-18,29-30,47-48H,19-22H2,1-8H3,(H,45,49)(H,46,50)(H,51,53)(H,52,54). The molecule has 10 nitrogen and oxygen atoms in total. The number of carbonyl (C=O) groups excluding carboxylic acids is 2. The number of benzene rings is 2. The molecule has 2 amide bonds. The molecule has 2 saturated heterocycles.